The van der Waals surface area contributed by atoms with Gasteiger partial charge < -0.3 is 5.11 Å². The molecule has 1 atom stereocenters. The summed E-state index contributed by atoms with van der Waals surface area (Å²) in [6, 6.07) is 14.7. The zero-order chi connectivity index (χ0) is 18.2. The SMILES string of the molecule is OC(/C=C/c1ccc2ccccc2c1)c1cnc2sc3c(n12)CCCCC3. The second-order valence-corrected chi connectivity index (χ2v) is 8.31. The second-order valence-electron chi connectivity index (χ2n) is 7.24. The van der Waals surface area contributed by atoms with Crippen molar-refractivity contribution in [1.82, 2.24) is 9.38 Å². The molecule has 3 nitrogen and oxygen atoms in total. The molecule has 4 aromatic rings. The Kier molecular flexibility index (Phi) is 4.30. The summed E-state index contributed by atoms with van der Waals surface area (Å²) in [7, 11) is 0. The van der Waals surface area contributed by atoms with Gasteiger partial charge in [-0.1, -0.05) is 48.9 Å². The summed E-state index contributed by atoms with van der Waals surface area (Å²) >= 11 is 1.78. The molecule has 0 saturated carbocycles. The first-order valence-electron chi connectivity index (χ1n) is 9.62. The standard InChI is InChI=1S/C23H22N2OS/c26-21(13-11-16-10-12-17-6-4-5-7-18(17)14-16)20-15-24-23-25(20)19-8-2-1-3-9-22(19)27-23/h4-7,10-15,21,26H,1-3,8-9H2/b13-11+. The molecule has 2 aromatic carbocycles. The van der Waals surface area contributed by atoms with Crippen LogP contribution in [0.25, 0.3) is 21.8 Å². The van der Waals surface area contributed by atoms with Crippen LogP contribution in [-0.2, 0) is 12.8 Å². The molecule has 0 amide bonds. The molecule has 5 rings (SSSR count). The van der Waals surface area contributed by atoms with Crippen molar-refractivity contribution < 1.29 is 5.11 Å². The second kappa shape index (κ2) is 6.95. The van der Waals surface area contributed by atoms with Crippen LogP contribution in [0.5, 0.6) is 0 Å². The number of fused-ring (bicyclic) bond motifs is 4. The van der Waals surface area contributed by atoms with Crippen LogP contribution < -0.4 is 0 Å². The summed E-state index contributed by atoms with van der Waals surface area (Å²) in [5.41, 5.74) is 3.33. The summed E-state index contributed by atoms with van der Waals surface area (Å²) in [6.45, 7) is 0. The summed E-state index contributed by atoms with van der Waals surface area (Å²) in [5, 5.41) is 13.3. The maximum Gasteiger partial charge on any atom is 0.194 e. The summed E-state index contributed by atoms with van der Waals surface area (Å²) in [6.07, 6.45) is 11.0. The Labute approximate surface area is 162 Å². The fourth-order valence-electron chi connectivity index (χ4n) is 4.01. The molecule has 0 saturated heterocycles. The number of imidazole rings is 1. The minimum Gasteiger partial charge on any atom is -0.383 e. The van der Waals surface area contributed by atoms with Crippen LogP contribution in [0.15, 0.2) is 54.7 Å². The molecule has 27 heavy (non-hydrogen) atoms. The lowest BCUT2D eigenvalue weighted by Crippen LogP contribution is -2.02. The first kappa shape index (κ1) is 16.7. The first-order valence-corrected chi connectivity index (χ1v) is 10.4. The van der Waals surface area contributed by atoms with E-state index in [1.807, 2.05) is 18.3 Å². The molecule has 0 aliphatic heterocycles. The molecule has 2 aromatic heterocycles. The topological polar surface area (TPSA) is 37.5 Å². The van der Waals surface area contributed by atoms with E-state index in [-0.39, 0.29) is 0 Å². The van der Waals surface area contributed by atoms with Crippen molar-refractivity contribution >= 4 is 33.1 Å². The van der Waals surface area contributed by atoms with Gasteiger partial charge in [-0.05, 0) is 54.2 Å². The zero-order valence-corrected chi connectivity index (χ0v) is 16.0. The van der Waals surface area contributed by atoms with Crippen molar-refractivity contribution in [1.29, 1.82) is 0 Å². The molecule has 0 fully saturated rings. The Morgan fingerprint density at radius 1 is 1.04 bits per heavy atom. The van der Waals surface area contributed by atoms with Crippen molar-refractivity contribution in [2.75, 3.05) is 0 Å². The highest BCUT2D eigenvalue weighted by atomic mass is 32.1. The molecule has 0 radical (unpaired) electrons. The van der Waals surface area contributed by atoms with Gasteiger partial charge >= 0.3 is 0 Å². The number of aromatic nitrogens is 2. The van der Waals surface area contributed by atoms with Gasteiger partial charge in [-0.2, -0.15) is 0 Å². The molecule has 2 heterocycles. The van der Waals surface area contributed by atoms with E-state index in [4.69, 9.17) is 0 Å². The number of aliphatic hydroxyl groups is 1. The summed E-state index contributed by atoms with van der Waals surface area (Å²) in [5.74, 6) is 0. The first-order chi connectivity index (χ1) is 13.3. The van der Waals surface area contributed by atoms with Gasteiger partial charge in [0, 0.05) is 10.6 Å². The summed E-state index contributed by atoms with van der Waals surface area (Å²) < 4.78 is 2.20. The predicted molar refractivity (Wildman–Crippen MR) is 112 cm³/mol. The van der Waals surface area contributed by atoms with Gasteiger partial charge in [0.2, 0.25) is 0 Å². The molecule has 1 aliphatic carbocycles. The summed E-state index contributed by atoms with van der Waals surface area (Å²) in [4.78, 5) is 7.01. The molecule has 1 N–H and O–H groups in total. The molecule has 1 unspecified atom stereocenters. The number of hydrogen-bond donors (Lipinski definition) is 1. The van der Waals surface area contributed by atoms with E-state index < -0.39 is 6.10 Å². The predicted octanol–water partition coefficient (Wildman–Crippen LogP) is 5.56. The molecule has 0 spiro atoms. The van der Waals surface area contributed by atoms with E-state index in [2.05, 4.69) is 51.8 Å². The molecule has 4 heteroatoms. The van der Waals surface area contributed by atoms with Gasteiger partial charge in [0.15, 0.2) is 4.96 Å². The van der Waals surface area contributed by atoms with Crippen LogP contribution in [0.2, 0.25) is 0 Å². The maximum atomic E-state index is 10.8. The molecule has 0 bridgehead atoms. The Hall–Kier alpha value is -2.43. The van der Waals surface area contributed by atoms with E-state index in [9.17, 15) is 5.11 Å². The van der Waals surface area contributed by atoms with E-state index >= 15 is 0 Å². The largest absolute Gasteiger partial charge is 0.383 e. The fourth-order valence-corrected chi connectivity index (χ4v) is 5.20. The van der Waals surface area contributed by atoms with E-state index in [0.717, 1.165) is 29.1 Å². The van der Waals surface area contributed by atoms with E-state index in [1.165, 1.54) is 40.6 Å². The Morgan fingerprint density at radius 2 is 1.89 bits per heavy atom. The van der Waals surface area contributed by atoms with Crippen LogP contribution in [0.1, 0.15) is 47.2 Å². The third kappa shape index (κ3) is 3.09. The van der Waals surface area contributed by atoms with Crippen LogP contribution in [0, 0.1) is 0 Å². The highest BCUT2D eigenvalue weighted by Crippen LogP contribution is 2.32. The lowest BCUT2D eigenvalue weighted by Gasteiger charge is -2.08. The van der Waals surface area contributed by atoms with Gasteiger partial charge in [0.25, 0.3) is 0 Å². The highest BCUT2D eigenvalue weighted by Gasteiger charge is 2.20. The number of hydrogen-bond acceptors (Lipinski definition) is 3. The van der Waals surface area contributed by atoms with Crippen molar-refractivity contribution in [2.24, 2.45) is 0 Å². The van der Waals surface area contributed by atoms with Gasteiger partial charge in [0.1, 0.15) is 6.10 Å². The smallest absolute Gasteiger partial charge is 0.194 e. The molecule has 1 aliphatic rings. The van der Waals surface area contributed by atoms with Crippen molar-refractivity contribution in [3.63, 3.8) is 0 Å². The minimum atomic E-state index is -0.659. The van der Waals surface area contributed by atoms with Crippen molar-refractivity contribution in [2.45, 2.75) is 38.2 Å². The Balaban J connectivity index is 1.47. The third-order valence-electron chi connectivity index (χ3n) is 5.43. The quantitative estimate of drug-likeness (QED) is 0.476. The van der Waals surface area contributed by atoms with E-state index in [1.54, 1.807) is 11.3 Å². The van der Waals surface area contributed by atoms with Gasteiger partial charge in [-0.3, -0.25) is 4.40 Å². The highest BCUT2D eigenvalue weighted by molar-refractivity contribution is 7.17. The third-order valence-corrected chi connectivity index (χ3v) is 6.58. The van der Waals surface area contributed by atoms with Crippen LogP contribution in [0.3, 0.4) is 0 Å². The number of benzene rings is 2. The molecular formula is C23H22N2OS. The number of nitrogens with zero attached hydrogens (tertiary/aromatic N) is 2. The molecular weight excluding hydrogens is 352 g/mol. The normalized spacial score (nSPS) is 16.0. The monoisotopic (exact) mass is 374 g/mol. The average molecular weight is 375 g/mol. The van der Waals surface area contributed by atoms with Crippen LogP contribution in [0.4, 0.5) is 0 Å². The lowest BCUT2D eigenvalue weighted by atomic mass is 10.1. The fraction of sp³-hybridized carbons (Fsp3) is 0.261. The lowest BCUT2D eigenvalue weighted by molar-refractivity contribution is 0.223. The van der Waals surface area contributed by atoms with Crippen molar-refractivity contribution in [3.8, 4) is 0 Å². The van der Waals surface area contributed by atoms with Gasteiger partial charge in [0.05, 0.1) is 11.9 Å². The Morgan fingerprint density at radius 3 is 2.81 bits per heavy atom. The van der Waals surface area contributed by atoms with Gasteiger partial charge in [-0.15, -0.1) is 11.3 Å². The molecule has 136 valence electrons. The van der Waals surface area contributed by atoms with Crippen molar-refractivity contribution in [3.05, 3.63) is 76.6 Å². The Bertz CT molecular complexity index is 1140. The van der Waals surface area contributed by atoms with E-state index in [0.29, 0.717) is 0 Å². The van der Waals surface area contributed by atoms with Crippen LogP contribution >= 0.6 is 11.3 Å². The number of aryl methyl sites for hydroxylation is 2. The number of aliphatic hydroxyl groups excluding tert-OH is 1. The minimum absolute atomic E-state index is 0.659. The number of rotatable bonds is 3. The zero-order valence-electron chi connectivity index (χ0n) is 15.1. The number of thiazole rings is 1. The van der Waals surface area contributed by atoms with Crippen LogP contribution in [-0.4, -0.2) is 14.5 Å². The maximum absolute atomic E-state index is 10.8. The average Bonchev–Trinajstić information content (AvgIpc) is 3.17. The van der Waals surface area contributed by atoms with Gasteiger partial charge in [-0.25, -0.2) is 4.98 Å².